The molecule has 0 radical (unpaired) electrons. The van der Waals surface area contributed by atoms with Gasteiger partial charge >= 0.3 is 0 Å². The van der Waals surface area contributed by atoms with Gasteiger partial charge in [-0.1, -0.05) is 13.0 Å². The zero-order valence-electron chi connectivity index (χ0n) is 11.6. The van der Waals surface area contributed by atoms with E-state index in [1.807, 2.05) is 6.92 Å². The number of hydrogen-bond donors (Lipinski definition) is 2. The Morgan fingerprint density at radius 3 is 2.65 bits per heavy atom. The molecule has 1 heterocycles. The lowest BCUT2D eigenvalue weighted by Gasteiger charge is -2.29. The van der Waals surface area contributed by atoms with E-state index in [4.69, 9.17) is 9.47 Å². The summed E-state index contributed by atoms with van der Waals surface area (Å²) in [6.45, 7) is 3.41. The molecule has 20 heavy (non-hydrogen) atoms. The molecule has 3 atom stereocenters. The Bertz CT molecular complexity index is 483. The molecule has 108 valence electrons. The summed E-state index contributed by atoms with van der Waals surface area (Å²) in [6, 6.07) is 7.04. The first-order chi connectivity index (χ1) is 9.58. The first kappa shape index (κ1) is 14.6. The van der Waals surface area contributed by atoms with E-state index in [0.29, 0.717) is 17.9 Å². The number of hydrogen-bond acceptors (Lipinski definition) is 4. The predicted molar refractivity (Wildman–Crippen MR) is 75.5 cm³/mol. The smallest absolute Gasteiger partial charge is 0.221 e. The van der Waals surface area contributed by atoms with Crippen molar-refractivity contribution in [3.8, 4) is 5.75 Å². The molecule has 0 saturated heterocycles. The highest BCUT2D eigenvalue weighted by Crippen LogP contribution is 2.21. The van der Waals surface area contributed by atoms with Gasteiger partial charge in [0.15, 0.2) is 0 Å². The van der Waals surface area contributed by atoms with Crippen molar-refractivity contribution in [3.05, 3.63) is 36.4 Å². The summed E-state index contributed by atoms with van der Waals surface area (Å²) in [6.07, 6.45) is 2.76. The fourth-order valence-electron chi connectivity index (χ4n) is 1.99. The molecule has 0 spiro atoms. The quantitative estimate of drug-likeness (QED) is 0.827. The van der Waals surface area contributed by atoms with Crippen LogP contribution >= 0.6 is 0 Å². The first-order valence-electron chi connectivity index (χ1n) is 6.64. The molecule has 1 aromatic rings. The van der Waals surface area contributed by atoms with E-state index >= 15 is 0 Å². The number of ether oxygens (including phenoxy) is 2. The third kappa shape index (κ3) is 3.82. The van der Waals surface area contributed by atoms with Crippen LogP contribution in [0.4, 0.5) is 5.69 Å². The molecule has 1 amide bonds. The average molecular weight is 277 g/mol. The van der Waals surface area contributed by atoms with Crippen LogP contribution < -0.4 is 10.1 Å². The zero-order chi connectivity index (χ0) is 14.5. The van der Waals surface area contributed by atoms with Crippen molar-refractivity contribution in [1.29, 1.82) is 0 Å². The maximum atomic E-state index is 10.9. The molecule has 5 nitrogen and oxygen atoms in total. The van der Waals surface area contributed by atoms with Crippen LogP contribution in [0.5, 0.6) is 5.75 Å². The first-order valence-corrected chi connectivity index (χ1v) is 6.64. The lowest BCUT2D eigenvalue weighted by atomic mass is 10.1. The summed E-state index contributed by atoms with van der Waals surface area (Å²) < 4.78 is 11.3. The van der Waals surface area contributed by atoms with Crippen molar-refractivity contribution >= 4 is 11.6 Å². The van der Waals surface area contributed by atoms with E-state index in [9.17, 15) is 9.90 Å². The van der Waals surface area contributed by atoms with Crippen molar-refractivity contribution in [3.63, 3.8) is 0 Å². The number of nitrogens with one attached hydrogen (secondary N) is 1. The van der Waals surface area contributed by atoms with E-state index in [1.54, 1.807) is 36.4 Å². The van der Waals surface area contributed by atoms with Gasteiger partial charge in [0.25, 0.3) is 0 Å². The second-order valence-electron chi connectivity index (χ2n) is 4.65. The molecule has 1 aliphatic heterocycles. The number of aliphatic hydroxyl groups is 1. The highest BCUT2D eigenvalue weighted by Gasteiger charge is 2.24. The van der Waals surface area contributed by atoms with Crippen molar-refractivity contribution in [2.45, 2.75) is 38.8 Å². The van der Waals surface area contributed by atoms with Crippen LogP contribution in [0, 0.1) is 0 Å². The molecule has 1 aliphatic rings. The van der Waals surface area contributed by atoms with Crippen LogP contribution in [0.25, 0.3) is 0 Å². The molecule has 2 rings (SSSR count). The van der Waals surface area contributed by atoms with Gasteiger partial charge in [-0.2, -0.15) is 0 Å². The summed E-state index contributed by atoms with van der Waals surface area (Å²) in [5, 5.41) is 12.4. The topological polar surface area (TPSA) is 67.8 Å². The molecular weight excluding hydrogens is 258 g/mol. The van der Waals surface area contributed by atoms with Gasteiger partial charge in [-0.15, -0.1) is 0 Å². The number of benzene rings is 1. The van der Waals surface area contributed by atoms with Crippen LogP contribution in [0.1, 0.15) is 20.3 Å². The lowest BCUT2D eigenvalue weighted by Crippen LogP contribution is -2.37. The maximum absolute atomic E-state index is 10.9. The molecule has 0 bridgehead atoms. The molecular formula is C15H19NO4. The van der Waals surface area contributed by atoms with E-state index in [0.717, 1.165) is 0 Å². The summed E-state index contributed by atoms with van der Waals surface area (Å²) in [5.41, 5.74) is 0.715. The molecule has 0 aromatic heterocycles. The molecule has 0 saturated carbocycles. The van der Waals surface area contributed by atoms with Gasteiger partial charge in [0, 0.05) is 12.6 Å². The van der Waals surface area contributed by atoms with Gasteiger partial charge < -0.3 is 19.9 Å². The molecule has 0 unspecified atom stereocenters. The second kappa shape index (κ2) is 6.54. The van der Waals surface area contributed by atoms with Crippen molar-refractivity contribution in [1.82, 2.24) is 0 Å². The minimum Gasteiger partial charge on any atom is -0.461 e. The molecule has 1 aromatic carbocycles. The van der Waals surface area contributed by atoms with Gasteiger partial charge in [0.2, 0.25) is 12.2 Å². The van der Waals surface area contributed by atoms with Crippen LogP contribution in [0.3, 0.4) is 0 Å². The second-order valence-corrected chi connectivity index (χ2v) is 4.65. The fourth-order valence-corrected chi connectivity index (χ4v) is 1.99. The van der Waals surface area contributed by atoms with Gasteiger partial charge in [0.05, 0.1) is 12.2 Å². The largest absolute Gasteiger partial charge is 0.461 e. The van der Waals surface area contributed by atoms with Gasteiger partial charge in [0.1, 0.15) is 5.75 Å². The van der Waals surface area contributed by atoms with Gasteiger partial charge in [-0.3, -0.25) is 4.79 Å². The Labute approximate surface area is 118 Å². The third-order valence-electron chi connectivity index (χ3n) is 2.98. The SMILES string of the molecule is CC[C@H]1O[C@H](Oc2ccc(NC(C)=O)cc2)C=C[C@@H]1O. The minimum absolute atomic E-state index is 0.114. The Kier molecular flexibility index (Phi) is 4.76. The van der Waals surface area contributed by atoms with Crippen LogP contribution in [0.2, 0.25) is 0 Å². The summed E-state index contributed by atoms with van der Waals surface area (Å²) in [4.78, 5) is 10.9. The number of carbonyl (C=O) groups excluding carboxylic acids is 1. The number of amides is 1. The van der Waals surface area contributed by atoms with Crippen LogP contribution in [0.15, 0.2) is 36.4 Å². The summed E-state index contributed by atoms with van der Waals surface area (Å²) in [5.74, 6) is 0.525. The summed E-state index contributed by atoms with van der Waals surface area (Å²) in [7, 11) is 0. The van der Waals surface area contributed by atoms with E-state index in [2.05, 4.69) is 5.32 Å². The Morgan fingerprint density at radius 1 is 1.35 bits per heavy atom. The number of anilines is 1. The van der Waals surface area contributed by atoms with E-state index in [-0.39, 0.29) is 12.0 Å². The number of rotatable bonds is 4. The standard InChI is InChI=1S/C15H19NO4/c1-3-14-13(18)8-9-15(20-14)19-12-6-4-11(5-7-12)16-10(2)17/h4-9,13-15,18H,3H2,1-2H3,(H,16,17)/t13-,14+,15-/m0/s1. The Balaban J connectivity index is 1.96. The average Bonchev–Trinajstić information content (AvgIpc) is 2.42. The Hall–Kier alpha value is -1.85. The molecule has 2 N–H and O–H groups in total. The zero-order valence-corrected chi connectivity index (χ0v) is 11.6. The Morgan fingerprint density at radius 2 is 2.05 bits per heavy atom. The van der Waals surface area contributed by atoms with E-state index in [1.165, 1.54) is 6.92 Å². The monoisotopic (exact) mass is 277 g/mol. The third-order valence-corrected chi connectivity index (χ3v) is 2.98. The van der Waals surface area contributed by atoms with E-state index < -0.39 is 12.4 Å². The molecule has 5 heteroatoms. The number of aliphatic hydroxyl groups excluding tert-OH is 1. The highest BCUT2D eigenvalue weighted by molar-refractivity contribution is 5.88. The maximum Gasteiger partial charge on any atom is 0.221 e. The summed E-state index contributed by atoms with van der Waals surface area (Å²) >= 11 is 0. The predicted octanol–water partition coefficient (Wildman–Crippen LogP) is 2.08. The van der Waals surface area contributed by atoms with Crippen LogP contribution in [-0.2, 0) is 9.53 Å². The van der Waals surface area contributed by atoms with Crippen molar-refractivity contribution in [2.75, 3.05) is 5.32 Å². The molecule has 0 fully saturated rings. The lowest BCUT2D eigenvalue weighted by molar-refractivity contribution is -0.130. The minimum atomic E-state index is -0.581. The molecule has 0 aliphatic carbocycles. The normalized spacial score (nSPS) is 25.2. The van der Waals surface area contributed by atoms with Gasteiger partial charge in [-0.05, 0) is 36.8 Å². The fraction of sp³-hybridized carbons (Fsp3) is 0.400. The van der Waals surface area contributed by atoms with Crippen molar-refractivity contribution < 1.29 is 19.4 Å². The number of carbonyl (C=O) groups is 1. The van der Waals surface area contributed by atoms with Crippen molar-refractivity contribution in [2.24, 2.45) is 0 Å². The van der Waals surface area contributed by atoms with Crippen LogP contribution in [-0.4, -0.2) is 29.5 Å². The highest BCUT2D eigenvalue weighted by atomic mass is 16.7. The van der Waals surface area contributed by atoms with Gasteiger partial charge in [-0.25, -0.2) is 0 Å².